The molecule has 0 amide bonds. The Balaban J connectivity index is 1.72. The molecule has 29 heavy (non-hydrogen) atoms. The molecule has 0 radical (unpaired) electrons. The first-order chi connectivity index (χ1) is 14.1. The summed E-state index contributed by atoms with van der Waals surface area (Å²) in [6.45, 7) is 1.54. The minimum Gasteiger partial charge on any atom is -0.477 e. The first-order valence-corrected chi connectivity index (χ1v) is 9.84. The number of carbonyl (C=O) groups is 1. The number of halogens is 1. The number of aromatic nitrogens is 1. The summed E-state index contributed by atoms with van der Waals surface area (Å²) in [5, 5.41) is 15.0. The van der Waals surface area contributed by atoms with Crippen LogP contribution in [0.2, 0.25) is 5.02 Å². The molecule has 0 atom stereocenters. The van der Waals surface area contributed by atoms with Gasteiger partial charge in [0, 0.05) is 41.1 Å². The SMILES string of the molecule is O=C(O)c1c(CNCc2ccccc2)c2ccccc2n1Cc1ccccc1Cl. The van der Waals surface area contributed by atoms with Gasteiger partial charge in [-0.3, -0.25) is 0 Å². The number of carboxylic acids is 1. The smallest absolute Gasteiger partial charge is 0.352 e. The van der Waals surface area contributed by atoms with Gasteiger partial charge in [0.1, 0.15) is 5.69 Å². The average molecular weight is 405 g/mol. The highest BCUT2D eigenvalue weighted by Crippen LogP contribution is 2.29. The Hall–Kier alpha value is -3.08. The third-order valence-electron chi connectivity index (χ3n) is 5.04. The van der Waals surface area contributed by atoms with Crippen molar-refractivity contribution < 1.29 is 9.90 Å². The number of benzene rings is 3. The van der Waals surface area contributed by atoms with Gasteiger partial charge >= 0.3 is 5.97 Å². The molecule has 1 heterocycles. The van der Waals surface area contributed by atoms with Gasteiger partial charge in [-0.25, -0.2) is 4.79 Å². The van der Waals surface area contributed by atoms with Gasteiger partial charge in [-0.15, -0.1) is 0 Å². The Bertz CT molecular complexity index is 1150. The minimum absolute atomic E-state index is 0.298. The molecule has 0 unspecified atom stereocenters. The number of hydrogen-bond donors (Lipinski definition) is 2. The van der Waals surface area contributed by atoms with Crippen LogP contribution in [0.5, 0.6) is 0 Å². The number of nitrogens with zero attached hydrogens (tertiary/aromatic N) is 1. The zero-order valence-electron chi connectivity index (χ0n) is 15.8. The topological polar surface area (TPSA) is 54.3 Å². The van der Waals surface area contributed by atoms with Crippen molar-refractivity contribution in [2.45, 2.75) is 19.6 Å². The molecule has 0 aliphatic carbocycles. The van der Waals surface area contributed by atoms with Crippen LogP contribution in [0.25, 0.3) is 10.9 Å². The molecule has 0 saturated carbocycles. The predicted octanol–water partition coefficient (Wildman–Crippen LogP) is 5.33. The number of hydrogen-bond acceptors (Lipinski definition) is 2. The van der Waals surface area contributed by atoms with Crippen molar-refractivity contribution in [3.05, 3.63) is 106 Å². The lowest BCUT2D eigenvalue weighted by molar-refractivity contribution is 0.0685. The molecule has 5 heteroatoms. The Morgan fingerprint density at radius 2 is 1.59 bits per heavy atom. The molecule has 4 aromatic rings. The maximum Gasteiger partial charge on any atom is 0.352 e. The van der Waals surface area contributed by atoms with E-state index in [4.69, 9.17) is 11.6 Å². The van der Waals surface area contributed by atoms with Gasteiger partial charge in [0.2, 0.25) is 0 Å². The van der Waals surface area contributed by atoms with E-state index in [1.54, 1.807) is 0 Å². The van der Waals surface area contributed by atoms with E-state index >= 15 is 0 Å². The van der Waals surface area contributed by atoms with E-state index in [2.05, 4.69) is 5.32 Å². The largest absolute Gasteiger partial charge is 0.477 e. The van der Waals surface area contributed by atoms with Crippen molar-refractivity contribution >= 4 is 28.5 Å². The molecule has 0 saturated heterocycles. The second-order valence-electron chi connectivity index (χ2n) is 6.92. The normalized spacial score (nSPS) is 11.1. The molecule has 0 fully saturated rings. The first kappa shape index (κ1) is 19.2. The average Bonchev–Trinajstić information content (AvgIpc) is 3.04. The summed E-state index contributed by atoms with van der Waals surface area (Å²) in [5.74, 6) is -0.940. The number of fused-ring (bicyclic) bond motifs is 1. The number of nitrogens with one attached hydrogen (secondary N) is 1. The highest BCUT2D eigenvalue weighted by molar-refractivity contribution is 6.31. The Kier molecular flexibility index (Phi) is 5.65. The zero-order chi connectivity index (χ0) is 20.2. The highest BCUT2D eigenvalue weighted by atomic mass is 35.5. The summed E-state index contributed by atoms with van der Waals surface area (Å²) in [6, 6.07) is 25.4. The molecular formula is C24H21ClN2O2. The molecule has 2 N–H and O–H groups in total. The molecule has 4 nitrogen and oxygen atoms in total. The lowest BCUT2D eigenvalue weighted by atomic mass is 10.1. The monoisotopic (exact) mass is 404 g/mol. The second kappa shape index (κ2) is 8.52. The first-order valence-electron chi connectivity index (χ1n) is 9.46. The van der Waals surface area contributed by atoms with Crippen LogP contribution in [0.15, 0.2) is 78.9 Å². The van der Waals surface area contributed by atoms with Crippen LogP contribution in [0.3, 0.4) is 0 Å². The summed E-state index contributed by atoms with van der Waals surface area (Å²) in [5.41, 5.74) is 4.02. The summed E-state index contributed by atoms with van der Waals surface area (Å²) in [6.07, 6.45) is 0. The van der Waals surface area contributed by atoms with E-state index in [1.165, 1.54) is 0 Å². The van der Waals surface area contributed by atoms with Crippen LogP contribution < -0.4 is 5.32 Å². The van der Waals surface area contributed by atoms with Gasteiger partial charge in [0.05, 0.1) is 0 Å². The standard InChI is InChI=1S/C24H21ClN2O2/c25-21-12-6-4-10-18(21)16-27-22-13-7-5-11-19(22)20(23(27)24(28)29)15-26-14-17-8-2-1-3-9-17/h1-13,26H,14-16H2,(H,28,29). The molecule has 3 aromatic carbocycles. The third kappa shape index (κ3) is 4.04. The maximum atomic E-state index is 12.2. The quantitative estimate of drug-likeness (QED) is 0.437. The van der Waals surface area contributed by atoms with E-state index in [1.807, 2.05) is 83.4 Å². The fraction of sp³-hybridized carbons (Fsp3) is 0.125. The maximum absolute atomic E-state index is 12.2. The molecule has 0 aliphatic rings. The van der Waals surface area contributed by atoms with Crippen molar-refractivity contribution in [2.75, 3.05) is 0 Å². The van der Waals surface area contributed by atoms with Crippen LogP contribution in [0.4, 0.5) is 0 Å². The van der Waals surface area contributed by atoms with Crippen LogP contribution >= 0.6 is 11.6 Å². The van der Waals surface area contributed by atoms with Crippen LogP contribution in [-0.2, 0) is 19.6 Å². The Morgan fingerprint density at radius 1 is 0.897 bits per heavy atom. The molecule has 146 valence electrons. The number of carboxylic acid groups (broad SMARTS) is 1. The molecule has 0 aliphatic heterocycles. The van der Waals surface area contributed by atoms with Gasteiger partial charge in [-0.05, 0) is 23.3 Å². The molecule has 4 rings (SSSR count). The summed E-state index contributed by atoms with van der Waals surface area (Å²) in [7, 11) is 0. The number of para-hydroxylation sites is 1. The summed E-state index contributed by atoms with van der Waals surface area (Å²) in [4.78, 5) is 12.2. The van der Waals surface area contributed by atoms with Gasteiger partial charge in [0.15, 0.2) is 0 Å². The minimum atomic E-state index is -0.940. The predicted molar refractivity (Wildman–Crippen MR) is 116 cm³/mol. The Morgan fingerprint density at radius 3 is 2.34 bits per heavy atom. The molecule has 1 aromatic heterocycles. The fourth-order valence-electron chi connectivity index (χ4n) is 3.69. The summed E-state index contributed by atoms with van der Waals surface area (Å²) < 4.78 is 1.85. The molecular weight excluding hydrogens is 384 g/mol. The van der Waals surface area contributed by atoms with Crippen LogP contribution in [0.1, 0.15) is 27.2 Å². The number of rotatable bonds is 7. The lowest BCUT2D eigenvalue weighted by Crippen LogP contribution is -2.17. The van der Waals surface area contributed by atoms with E-state index in [0.717, 1.165) is 27.6 Å². The number of aromatic carboxylic acids is 1. The van der Waals surface area contributed by atoms with Crippen LogP contribution in [-0.4, -0.2) is 15.6 Å². The molecule has 0 bridgehead atoms. The zero-order valence-corrected chi connectivity index (χ0v) is 16.6. The van der Waals surface area contributed by atoms with E-state index in [9.17, 15) is 9.90 Å². The fourth-order valence-corrected chi connectivity index (χ4v) is 3.88. The van der Waals surface area contributed by atoms with Gasteiger partial charge in [0.25, 0.3) is 0 Å². The Labute approximate surface area is 174 Å². The van der Waals surface area contributed by atoms with Crippen molar-refractivity contribution in [2.24, 2.45) is 0 Å². The van der Waals surface area contributed by atoms with Gasteiger partial charge < -0.3 is 15.0 Å². The van der Waals surface area contributed by atoms with Crippen molar-refractivity contribution in [1.29, 1.82) is 0 Å². The van der Waals surface area contributed by atoms with E-state index < -0.39 is 5.97 Å². The third-order valence-corrected chi connectivity index (χ3v) is 5.41. The van der Waals surface area contributed by atoms with Crippen LogP contribution in [0, 0.1) is 0 Å². The van der Waals surface area contributed by atoms with E-state index in [0.29, 0.717) is 30.4 Å². The van der Waals surface area contributed by atoms with Gasteiger partial charge in [-0.1, -0.05) is 78.3 Å². The highest BCUT2D eigenvalue weighted by Gasteiger charge is 2.22. The van der Waals surface area contributed by atoms with Crippen molar-refractivity contribution in [3.8, 4) is 0 Å². The van der Waals surface area contributed by atoms with Crippen molar-refractivity contribution in [1.82, 2.24) is 9.88 Å². The van der Waals surface area contributed by atoms with Crippen molar-refractivity contribution in [3.63, 3.8) is 0 Å². The second-order valence-corrected chi connectivity index (χ2v) is 7.32. The van der Waals surface area contributed by atoms with Gasteiger partial charge in [-0.2, -0.15) is 0 Å². The lowest BCUT2D eigenvalue weighted by Gasteiger charge is -2.11. The van der Waals surface area contributed by atoms with E-state index in [-0.39, 0.29) is 0 Å². The molecule has 0 spiro atoms. The summed E-state index contributed by atoms with van der Waals surface area (Å²) >= 11 is 6.34.